The third kappa shape index (κ3) is 4.15. The van der Waals surface area contributed by atoms with E-state index in [4.69, 9.17) is 20.2 Å². The number of benzene rings is 1. The molecule has 3 heterocycles. The number of nitriles is 1. The van der Waals surface area contributed by atoms with Gasteiger partial charge in [-0.05, 0) is 45.4 Å². The number of hydrogen-bond donors (Lipinski definition) is 0. The van der Waals surface area contributed by atoms with E-state index in [0.717, 1.165) is 51.0 Å². The Labute approximate surface area is 193 Å². The summed E-state index contributed by atoms with van der Waals surface area (Å²) in [5, 5.41) is 18.5. The van der Waals surface area contributed by atoms with E-state index in [0.29, 0.717) is 12.0 Å². The highest BCUT2D eigenvalue weighted by molar-refractivity contribution is 5.65. The third-order valence-electron chi connectivity index (χ3n) is 6.10. The fourth-order valence-electron chi connectivity index (χ4n) is 4.24. The van der Waals surface area contributed by atoms with Crippen LogP contribution in [0.2, 0.25) is 0 Å². The van der Waals surface area contributed by atoms with E-state index >= 15 is 0 Å². The van der Waals surface area contributed by atoms with Gasteiger partial charge in [0.05, 0.1) is 34.8 Å². The zero-order valence-corrected chi connectivity index (χ0v) is 19.8. The summed E-state index contributed by atoms with van der Waals surface area (Å²) in [4.78, 5) is 8.97. The Morgan fingerprint density at radius 3 is 2.48 bits per heavy atom. The van der Waals surface area contributed by atoms with Crippen molar-refractivity contribution in [2.75, 3.05) is 7.11 Å². The minimum absolute atomic E-state index is 0.0437. The Hall–Kier alpha value is -3.83. The fraction of sp³-hybridized carbons (Fsp3) is 0.320. The Balaban J connectivity index is 1.66. The van der Waals surface area contributed by atoms with Crippen LogP contribution in [0.1, 0.15) is 52.5 Å². The number of aryl methyl sites for hydroxylation is 2. The van der Waals surface area contributed by atoms with Crippen molar-refractivity contribution in [2.45, 2.75) is 40.2 Å². The summed E-state index contributed by atoms with van der Waals surface area (Å²) < 4.78 is 9.26. The Morgan fingerprint density at radius 1 is 1.09 bits per heavy atom. The molecule has 1 atom stereocenters. The van der Waals surface area contributed by atoms with Crippen LogP contribution >= 0.6 is 0 Å². The van der Waals surface area contributed by atoms with Gasteiger partial charge in [0.1, 0.15) is 6.33 Å². The topological polar surface area (TPSA) is 94.4 Å². The predicted molar refractivity (Wildman–Crippen MR) is 125 cm³/mol. The Bertz CT molecular complexity index is 1340. The highest BCUT2D eigenvalue weighted by Crippen LogP contribution is 2.27. The van der Waals surface area contributed by atoms with Gasteiger partial charge in [0.15, 0.2) is 5.82 Å². The first-order chi connectivity index (χ1) is 15.8. The molecule has 0 radical (unpaired) electrons. The molecule has 0 saturated heterocycles. The number of aromatic nitrogens is 6. The molecule has 0 bridgehead atoms. The molecule has 4 rings (SSSR count). The predicted octanol–water partition coefficient (Wildman–Crippen LogP) is 4.16. The first-order valence-electron chi connectivity index (χ1n) is 10.8. The third-order valence-corrected chi connectivity index (χ3v) is 6.10. The number of methoxy groups -OCH3 is 1. The highest BCUT2D eigenvalue weighted by atomic mass is 16.5. The maximum absolute atomic E-state index is 9.05. The maximum Gasteiger partial charge on any atom is 0.157 e. The van der Waals surface area contributed by atoms with Crippen LogP contribution in [-0.4, -0.2) is 36.6 Å². The molecule has 0 fully saturated rings. The van der Waals surface area contributed by atoms with Crippen LogP contribution in [-0.2, 0) is 18.2 Å². The second kappa shape index (κ2) is 8.96. The Morgan fingerprint density at radius 2 is 1.82 bits per heavy atom. The van der Waals surface area contributed by atoms with Crippen molar-refractivity contribution < 1.29 is 4.74 Å². The largest absolute Gasteiger partial charge is 0.377 e. The second-order valence-corrected chi connectivity index (χ2v) is 8.15. The van der Waals surface area contributed by atoms with Crippen molar-refractivity contribution in [3.05, 3.63) is 76.1 Å². The average molecular weight is 442 g/mol. The zero-order chi connectivity index (χ0) is 23.7. The van der Waals surface area contributed by atoms with Crippen LogP contribution in [0.3, 0.4) is 0 Å². The van der Waals surface area contributed by atoms with E-state index in [1.165, 1.54) is 0 Å². The monoisotopic (exact) mass is 441 g/mol. The Kier molecular flexibility index (Phi) is 6.07. The summed E-state index contributed by atoms with van der Waals surface area (Å²) in [5.41, 5.74) is 8.57. The molecule has 4 aromatic rings. The van der Waals surface area contributed by atoms with E-state index in [9.17, 15) is 0 Å². The normalized spacial score (nSPS) is 12.0. The number of nitrogens with zero attached hydrogens (tertiary/aromatic N) is 7. The molecule has 8 heteroatoms. The van der Waals surface area contributed by atoms with Gasteiger partial charge < -0.3 is 4.74 Å². The SMILES string of the molecule is COC(C)c1c(C)nn(-c2cc(Cc3c(C)c(-c4ccc(C#N)cc4)nn3C)ncn2)c1C. The molecule has 0 aliphatic rings. The molecule has 1 aromatic carbocycles. The molecule has 0 saturated carbocycles. The lowest BCUT2D eigenvalue weighted by atomic mass is 10.0. The second-order valence-electron chi connectivity index (χ2n) is 8.15. The van der Waals surface area contributed by atoms with Crippen molar-refractivity contribution in [1.29, 1.82) is 5.26 Å². The summed E-state index contributed by atoms with van der Waals surface area (Å²) >= 11 is 0. The minimum Gasteiger partial charge on any atom is -0.377 e. The first-order valence-corrected chi connectivity index (χ1v) is 10.8. The van der Waals surface area contributed by atoms with Crippen LogP contribution in [0, 0.1) is 32.1 Å². The lowest BCUT2D eigenvalue weighted by Crippen LogP contribution is -2.07. The van der Waals surface area contributed by atoms with E-state index in [1.807, 2.05) is 67.5 Å². The van der Waals surface area contributed by atoms with Crippen molar-refractivity contribution in [1.82, 2.24) is 29.5 Å². The standard InChI is InChI=1S/C25H27N7O/c1-15-22(31(5)30-25(15)20-9-7-19(13-26)8-10-20)11-21-12-23(28-14-27-21)32-17(3)24(16(2)29-32)18(4)33-6/h7-10,12,14,18H,11H2,1-6H3. The van der Waals surface area contributed by atoms with Gasteiger partial charge in [0.25, 0.3) is 0 Å². The molecule has 168 valence electrons. The number of hydrogen-bond acceptors (Lipinski definition) is 6. The van der Waals surface area contributed by atoms with E-state index in [2.05, 4.69) is 23.0 Å². The lowest BCUT2D eigenvalue weighted by molar-refractivity contribution is 0.118. The van der Waals surface area contributed by atoms with Crippen LogP contribution < -0.4 is 0 Å². The molecular formula is C25H27N7O. The van der Waals surface area contributed by atoms with Crippen LogP contribution in [0.5, 0.6) is 0 Å². The molecule has 0 aliphatic carbocycles. The van der Waals surface area contributed by atoms with Crippen molar-refractivity contribution in [3.63, 3.8) is 0 Å². The first kappa shape index (κ1) is 22.4. The molecule has 1 unspecified atom stereocenters. The van der Waals surface area contributed by atoms with E-state index in [-0.39, 0.29) is 6.10 Å². The van der Waals surface area contributed by atoms with Gasteiger partial charge in [0, 0.05) is 49.2 Å². The highest BCUT2D eigenvalue weighted by Gasteiger charge is 2.20. The number of rotatable bonds is 6. The van der Waals surface area contributed by atoms with Crippen LogP contribution in [0.15, 0.2) is 36.7 Å². The van der Waals surface area contributed by atoms with E-state index < -0.39 is 0 Å². The minimum atomic E-state index is -0.0437. The molecular weight excluding hydrogens is 414 g/mol. The molecule has 0 N–H and O–H groups in total. The molecule has 3 aromatic heterocycles. The van der Waals surface area contributed by atoms with Gasteiger partial charge in [-0.1, -0.05) is 12.1 Å². The van der Waals surface area contributed by atoms with Crippen LogP contribution in [0.25, 0.3) is 17.1 Å². The van der Waals surface area contributed by atoms with Crippen molar-refractivity contribution in [2.24, 2.45) is 7.05 Å². The maximum atomic E-state index is 9.05. The van der Waals surface area contributed by atoms with Gasteiger partial charge in [0.2, 0.25) is 0 Å². The molecule has 8 nitrogen and oxygen atoms in total. The summed E-state index contributed by atoms with van der Waals surface area (Å²) in [6.07, 6.45) is 2.15. The van der Waals surface area contributed by atoms with Gasteiger partial charge in [-0.2, -0.15) is 15.5 Å². The average Bonchev–Trinajstić information content (AvgIpc) is 3.28. The van der Waals surface area contributed by atoms with Gasteiger partial charge in [-0.15, -0.1) is 0 Å². The number of ether oxygens (including phenoxy) is 1. The summed E-state index contributed by atoms with van der Waals surface area (Å²) in [6, 6.07) is 11.6. The van der Waals surface area contributed by atoms with E-state index in [1.54, 1.807) is 13.4 Å². The van der Waals surface area contributed by atoms with Gasteiger partial charge in [-0.25, -0.2) is 14.6 Å². The molecule has 0 amide bonds. The van der Waals surface area contributed by atoms with Crippen molar-refractivity contribution in [3.8, 4) is 23.1 Å². The smallest absolute Gasteiger partial charge is 0.157 e. The fourth-order valence-corrected chi connectivity index (χ4v) is 4.24. The van der Waals surface area contributed by atoms with Gasteiger partial charge >= 0.3 is 0 Å². The molecule has 0 aliphatic heterocycles. The zero-order valence-electron chi connectivity index (χ0n) is 19.8. The quantitative estimate of drug-likeness (QED) is 0.446. The molecule has 0 spiro atoms. The van der Waals surface area contributed by atoms with Gasteiger partial charge in [-0.3, -0.25) is 4.68 Å². The summed E-state index contributed by atoms with van der Waals surface area (Å²) in [6.45, 7) is 8.10. The summed E-state index contributed by atoms with van der Waals surface area (Å²) in [7, 11) is 3.64. The lowest BCUT2D eigenvalue weighted by Gasteiger charge is -2.11. The summed E-state index contributed by atoms with van der Waals surface area (Å²) in [5.74, 6) is 0.724. The van der Waals surface area contributed by atoms with Crippen LogP contribution in [0.4, 0.5) is 0 Å². The van der Waals surface area contributed by atoms with Crippen molar-refractivity contribution >= 4 is 0 Å². The molecule has 33 heavy (non-hydrogen) atoms.